The fourth-order valence-electron chi connectivity index (χ4n) is 2.77. The summed E-state index contributed by atoms with van der Waals surface area (Å²) in [5.41, 5.74) is 1.76. The van der Waals surface area contributed by atoms with Crippen molar-refractivity contribution >= 4 is 23.3 Å². The number of nitrogens with one attached hydrogen (secondary N) is 2. The van der Waals surface area contributed by atoms with Crippen molar-refractivity contribution in [2.45, 2.75) is 39.8 Å². The Morgan fingerprint density at radius 2 is 2.13 bits per heavy atom. The highest BCUT2D eigenvalue weighted by atomic mass is 32.1. The van der Waals surface area contributed by atoms with E-state index < -0.39 is 0 Å². The van der Waals surface area contributed by atoms with Crippen molar-refractivity contribution < 1.29 is 19.0 Å². The lowest BCUT2D eigenvalue weighted by molar-refractivity contribution is 0.0531. The van der Waals surface area contributed by atoms with Crippen LogP contribution < -0.4 is 15.4 Å². The monoisotopic (exact) mass is 448 g/mol. The quantitative estimate of drug-likeness (QED) is 0.235. The van der Waals surface area contributed by atoms with Gasteiger partial charge in [0.25, 0.3) is 0 Å². The van der Waals surface area contributed by atoms with Crippen molar-refractivity contribution in [1.29, 1.82) is 0 Å². The van der Waals surface area contributed by atoms with E-state index in [0.717, 1.165) is 22.7 Å². The van der Waals surface area contributed by atoms with Gasteiger partial charge in [-0.05, 0) is 38.5 Å². The topological polar surface area (TPSA) is 94.1 Å². The summed E-state index contributed by atoms with van der Waals surface area (Å²) in [4.78, 5) is 21.4. The highest BCUT2D eigenvalue weighted by Gasteiger charge is 2.20. The Balaban J connectivity index is 1.91. The molecule has 0 bridgehead atoms. The van der Waals surface area contributed by atoms with E-state index >= 15 is 0 Å². The average Bonchev–Trinajstić information content (AvgIpc) is 3.16. The number of aliphatic imine (C=N–C) groups is 1. The van der Waals surface area contributed by atoms with E-state index in [0.29, 0.717) is 42.9 Å². The molecule has 8 nitrogen and oxygen atoms in total. The molecule has 0 spiro atoms. The lowest BCUT2D eigenvalue weighted by Gasteiger charge is -2.16. The van der Waals surface area contributed by atoms with Crippen LogP contribution in [0.25, 0.3) is 0 Å². The van der Waals surface area contributed by atoms with Crippen molar-refractivity contribution in [3.8, 4) is 5.75 Å². The standard InChI is InChI=1S/C22H32N4O4S/c1-6-29-21(27)19-15(2)25-20(31-19)16(3)26-22(23-4)24-14-17-9-7-10-18(13-17)30-12-8-11-28-5/h7,9-10,13,16H,6,8,11-12,14H2,1-5H3,(H2,23,24,26). The Morgan fingerprint density at radius 1 is 1.32 bits per heavy atom. The zero-order valence-corrected chi connectivity index (χ0v) is 19.7. The minimum Gasteiger partial charge on any atom is -0.493 e. The van der Waals surface area contributed by atoms with Crippen molar-refractivity contribution in [1.82, 2.24) is 15.6 Å². The van der Waals surface area contributed by atoms with Crippen LogP contribution >= 0.6 is 11.3 Å². The summed E-state index contributed by atoms with van der Waals surface area (Å²) in [5, 5.41) is 7.42. The molecule has 1 aromatic carbocycles. The first-order valence-corrected chi connectivity index (χ1v) is 11.1. The molecule has 0 aliphatic rings. The lowest BCUT2D eigenvalue weighted by Crippen LogP contribution is -2.38. The molecule has 1 aromatic heterocycles. The van der Waals surface area contributed by atoms with Gasteiger partial charge in [-0.3, -0.25) is 4.99 Å². The fourth-order valence-corrected chi connectivity index (χ4v) is 3.74. The van der Waals surface area contributed by atoms with Gasteiger partial charge in [0.1, 0.15) is 15.6 Å². The van der Waals surface area contributed by atoms with E-state index in [1.165, 1.54) is 11.3 Å². The number of rotatable bonds is 11. The molecule has 0 amide bonds. The number of carbonyl (C=O) groups excluding carboxylic acids is 1. The molecular formula is C22H32N4O4S. The minimum absolute atomic E-state index is 0.117. The van der Waals surface area contributed by atoms with Gasteiger partial charge in [0.2, 0.25) is 0 Å². The Hall–Kier alpha value is -2.65. The number of thiazole rings is 1. The second kappa shape index (κ2) is 12.9. The average molecular weight is 449 g/mol. The summed E-state index contributed by atoms with van der Waals surface area (Å²) in [6.45, 7) is 7.82. The van der Waals surface area contributed by atoms with Gasteiger partial charge >= 0.3 is 5.97 Å². The molecule has 31 heavy (non-hydrogen) atoms. The highest BCUT2D eigenvalue weighted by Crippen LogP contribution is 2.24. The predicted molar refractivity (Wildman–Crippen MR) is 123 cm³/mol. The van der Waals surface area contributed by atoms with Crippen LogP contribution in [0.15, 0.2) is 29.3 Å². The van der Waals surface area contributed by atoms with Crippen LogP contribution in [0.2, 0.25) is 0 Å². The van der Waals surface area contributed by atoms with Crippen LogP contribution in [0.3, 0.4) is 0 Å². The molecule has 1 unspecified atom stereocenters. The number of guanidine groups is 1. The van der Waals surface area contributed by atoms with E-state index in [1.54, 1.807) is 21.1 Å². The number of aryl methyl sites for hydroxylation is 1. The lowest BCUT2D eigenvalue weighted by atomic mass is 10.2. The highest BCUT2D eigenvalue weighted by molar-refractivity contribution is 7.13. The number of aromatic nitrogens is 1. The number of nitrogens with zero attached hydrogens (tertiary/aromatic N) is 2. The molecule has 0 saturated heterocycles. The number of esters is 1. The Labute approximate surface area is 188 Å². The number of hydrogen-bond donors (Lipinski definition) is 2. The third-order valence-electron chi connectivity index (χ3n) is 4.34. The Kier molecular flexibility index (Phi) is 10.3. The third-order valence-corrected chi connectivity index (χ3v) is 5.66. The Morgan fingerprint density at radius 3 is 2.84 bits per heavy atom. The number of ether oxygens (including phenoxy) is 3. The second-order valence-corrected chi connectivity index (χ2v) is 7.85. The molecular weight excluding hydrogens is 416 g/mol. The van der Waals surface area contributed by atoms with Crippen LogP contribution in [0.1, 0.15) is 52.2 Å². The van der Waals surface area contributed by atoms with Crippen LogP contribution in [0, 0.1) is 6.92 Å². The molecule has 0 saturated carbocycles. The van der Waals surface area contributed by atoms with Gasteiger partial charge in [0.15, 0.2) is 5.96 Å². The minimum atomic E-state index is -0.331. The van der Waals surface area contributed by atoms with Crippen LogP contribution in [0.4, 0.5) is 0 Å². The first-order chi connectivity index (χ1) is 15.0. The largest absolute Gasteiger partial charge is 0.493 e. The number of hydrogen-bond acceptors (Lipinski definition) is 7. The zero-order chi connectivity index (χ0) is 22.6. The summed E-state index contributed by atoms with van der Waals surface area (Å²) in [7, 11) is 3.40. The van der Waals surface area contributed by atoms with Gasteiger partial charge < -0.3 is 24.8 Å². The summed E-state index contributed by atoms with van der Waals surface area (Å²) in [6.07, 6.45) is 0.849. The first kappa shape index (κ1) is 24.6. The molecule has 0 radical (unpaired) electrons. The summed E-state index contributed by atoms with van der Waals surface area (Å²) >= 11 is 1.34. The van der Waals surface area contributed by atoms with Gasteiger partial charge in [-0.25, -0.2) is 9.78 Å². The van der Waals surface area contributed by atoms with Crippen LogP contribution in [-0.2, 0) is 16.0 Å². The molecule has 170 valence electrons. The molecule has 2 aromatic rings. The molecule has 1 heterocycles. The van der Waals surface area contributed by atoms with Gasteiger partial charge in [0.05, 0.1) is 24.9 Å². The summed E-state index contributed by atoms with van der Waals surface area (Å²) in [6, 6.07) is 7.83. The fraction of sp³-hybridized carbons (Fsp3) is 0.500. The van der Waals surface area contributed by atoms with Crippen molar-refractivity contribution in [2.24, 2.45) is 4.99 Å². The number of benzene rings is 1. The molecule has 0 fully saturated rings. The SMILES string of the molecule is CCOC(=O)c1sc(C(C)NC(=NC)NCc2cccc(OCCCOC)c2)nc1C. The molecule has 1 atom stereocenters. The third kappa shape index (κ3) is 7.84. The molecule has 2 N–H and O–H groups in total. The normalized spacial score (nSPS) is 12.4. The van der Waals surface area contributed by atoms with Gasteiger partial charge in [-0.1, -0.05) is 12.1 Å². The zero-order valence-electron chi connectivity index (χ0n) is 18.9. The smallest absolute Gasteiger partial charge is 0.350 e. The van der Waals surface area contributed by atoms with E-state index in [4.69, 9.17) is 14.2 Å². The van der Waals surface area contributed by atoms with E-state index in [9.17, 15) is 4.79 Å². The second-order valence-electron chi connectivity index (χ2n) is 6.82. The summed E-state index contributed by atoms with van der Waals surface area (Å²) < 4.78 is 15.9. The summed E-state index contributed by atoms with van der Waals surface area (Å²) in [5.74, 6) is 1.14. The van der Waals surface area contributed by atoms with Gasteiger partial charge in [-0.15, -0.1) is 11.3 Å². The van der Waals surface area contributed by atoms with E-state index in [-0.39, 0.29) is 12.0 Å². The maximum Gasteiger partial charge on any atom is 0.350 e. The number of methoxy groups -OCH3 is 1. The van der Waals surface area contributed by atoms with Crippen molar-refractivity contribution in [2.75, 3.05) is 34.0 Å². The van der Waals surface area contributed by atoms with Crippen molar-refractivity contribution in [3.05, 3.63) is 45.4 Å². The molecule has 0 aliphatic heterocycles. The van der Waals surface area contributed by atoms with Crippen LogP contribution in [-0.4, -0.2) is 50.9 Å². The number of carbonyl (C=O) groups is 1. The van der Waals surface area contributed by atoms with Gasteiger partial charge in [-0.2, -0.15) is 0 Å². The maximum atomic E-state index is 12.0. The maximum absolute atomic E-state index is 12.0. The van der Waals surface area contributed by atoms with E-state index in [1.807, 2.05) is 38.1 Å². The van der Waals surface area contributed by atoms with Crippen LogP contribution in [0.5, 0.6) is 5.75 Å². The Bertz CT molecular complexity index is 869. The van der Waals surface area contributed by atoms with Crippen molar-refractivity contribution in [3.63, 3.8) is 0 Å². The molecule has 0 aliphatic carbocycles. The van der Waals surface area contributed by atoms with E-state index in [2.05, 4.69) is 20.6 Å². The predicted octanol–water partition coefficient (Wildman–Crippen LogP) is 3.47. The molecule has 9 heteroatoms. The van der Waals surface area contributed by atoms with Gasteiger partial charge in [0, 0.05) is 33.7 Å². The first-order valence-electron chi connectivity index (χ1n) is 10.3. The molecule has 2 rings (SSSR count).